The lowest BCUT2D eigenvalue weighted by atomic mass is 9.98. The third-order valence-electron chi connectivity index (χ3n) is 2.65. The lowest BCUT2D eigenvalue weighted by molar-refractivity contribution is -0.142. The largest absolute Gasteiger partial charge is 0.480 e. The monoisotopic (exact) mass is 268 g/mol. The Kier molecular flexibility index (Phi) is 5.16. The number of hydrogen-bond acceptors (Lipinski definition) is 4. The Labute approximate surface area is 112 Å². The molecule has 0 bridgehead atoms. The lowest BCUT2D eigenvalue weighted by Gasteiger charge is -2.18. The fourth-order valence-electron chi connectivity index (χ4n) is 1.60. The predicted molar refractivity (Wildman–Crippen MR) is 73.9 cm³/mol. The van der Waals surface area contributed by atoms with Crippen molar-refractivity contribution in [3.05, 3.63) is 23.4 Å². The summed E-state index contributed by atoms with van der Waals surface area (Å²) in [6, 6.07) is 4.07. The fourth-order valence-corrected chi connectivity index (χ4v) is 2.58. The van der Waals surface area contributed by atoms with Crippen molar-refractivity contribution in [2.45, 2.75) is 44.2 Å². The van der Waals surface area contributed by atoms with Crippen LogP contribution in [0, 0.1) is 13.8 Å². The van der Waals surface area contributed by atoms with Gasteiger partial charge in [0, 0.05) is 5.69 Å². The Morgan fingerprint density at radius 2 is 2.17 bits per heavy atom. The van der Waals surface area contributed by atoms with Crippen LogP contribution in [0.3, 0.4) is 0 Å². The molecule has 1 aromatic heterocycles. The molecule has 5 heteroatoms. The SMILES string of the molecule is Cc1cc(C)nc(SCCCC(C)(N)C(=O)O)c1. The first-order valence-electron chi connectivity index (χ1n) is 5.91. The predicted octanol–water partition coefficient (Wildman–Crippen LogP) is 2.37. The molecular weight excluding hydrogens is 248 g/mol. The molecule has 0 aromatic carbocycles. The highest BCUT2D eigenvalue weighted by Gasteiger charge is 2.26. The molecule has 1 rings (SSSR count). The van der Waals surface area contributed by atoms with Crippen molar-refractivity contribution in [1.82, 2.24) is 4.98 Å². The Bertz CT molecular complexity index is 413. The zero-order valence-corrected chi connectivity index (χ0v) is 11.9. The van der Waals surface area contributed by atoms with E-state index in [0.717, 1.165) is 22.9 Å². The van der Waals surface area contributed by atoms with Crippen LogP contribution in [0.25, 0.3) is 0 Å². The molecule has 1 aromatic rings. The zero-order chi connectivity index (χ0) is 13.8. The minimum atomic E-state index is -1.13. The Balaban J connectivity index is 2.40. The lowest BCUT2D eigenvalue weighted by Crippen LogP contribution is -2.44. The van der Waals surface area contributed by atoms with Gasteiger partial charge in [-0.2, -0.15) is 0 Å². The van der Waals surface area contributed by atoms with Gasteiger partial charge < -0.3 is 10.8 Å². The van der Waals surface area contributed by atoms with Gasteiger partial charge in [-0.1, -0.05) is 0 Å². The highest BCUT2D eigenvalue weighted by Crippen LogP contribution is 2.20. The molecule has 100 valence electrons. The summed E-state index contributed by atoms with van der Waals surface area (Å²) in [5.41, 5.74) is 6.73. The van der Waals surface area contributed by atoms with Crippen LogP contribution in [-0.4, -0.2) is 27.4 Å². The maximum Gasteiger partial charge on any atom is 0.323 e. The molecule has 0 saturated heterocycles. The van der Waals surface area contributed by atoms with Crippen LogP contribution in [0.15, 0.2) is 17.2 Å². The van der Waals surface area contributed by atoms with Gasteiger partial charge in [0.1, 0.15) is 5.54 Å². The van der Waals surface area contributed by atoms with E-state index in [1.807, 2.05) is 26.0 Å². The number of carboxylic acid groups (broad SMARTS) is 1. The molecule has 1 heterocycles. The van der Waals surface area contributed by atoms with E-state index in [-0.39, 0.29) is 0 Å². The first-order valence-corrected chi connectivity index (χ1v) is 6.90. The van der Waals surface area contributed by atoms with Gasteiger partial charge in [0.15, 0.2) is 0 Å². The molecule has 18 heavy (non-hydrogen) atoms. The number of thioether (sulfide) groups is 1. The molecule has 0 radical (unpaired) electrons. The minimum Gasteiger partial charge on any atom is -0.480 e. The molecule has 0 spiro atoms. The van der Waals surface area contributed by atoms with Crippen molar-refractivity contribution >= 4 is 17.7 Å². The van der Waals surface area contributed by atoms with Crippen LogP contribution in [0.4, 0.5) is 0 Å². The number of aryl methyl sites for hydroxylation is 2. The summed E-state index contributed by atoms with van der Waals surface area (Å²) < 4.78 is 0. The van der Waals surface area contributed by atoms with E-state index in [4.69, 9.17) is 10.8 Å². The highest BCUT2D eigenvalue weighted by molar-refractivity contribution is 7.99. The minimum absolute atomic E-state index is 0.472. The van der Waals surface area contributed by atoms with Crippen molar-refractivity contribution in [3.63, 3.8) is 0 Å². The molecule has 0 fully saturated rings. The Morgan fingerprint density at radius 3 is 2.72 bits per heavy atom. The summed E-state index contributed by atoms with van der Waals surface area (Å²) in [4.78, 5) is 15.2. The summed E-state index contributed by atoms with van der Waals surface area (Å²) in [5, 5.41) is 9.87. The summed E-state index contributed by atoms with van der Waals surface area (Å²) >= 11 is 1.64. The van der Waals surface area contributed by atoms with Crippen molar-refractivity contribution in [1.29, 1.82) is 0 Å². The highest BCUT2D eigenvalue weighted by atomic mass is 32.2. The van der Waals surface area contributed by atoms with Gasteiger partial charge in [-0.3, -0.25) is 4.79 Å². The molecule has 0 aliphatic carbocycles. The quantitative estimate of drug-likeness (QED) is 0.612. The summed E-state index contributed by atoms with van der Waals surface area (Å²) in [6.45, 7) is 5.56. The molecule has 1 atom stereocenters. The number of nitrogens with two attached hydrogens (primary N) is 1. The number of aromatic nitrogens is 1. The van der Waals surface area contributed by atoms with Crippen LogP contribution in [0.1, 0.15) is 31.0 Å². The van der Waals surface area contributed by atoms with Crippen molar-refractivity contribution < 1.29 is 9.90 Å². The van der Waals surface area contributed by atoms with Crippen molar-refractivity contribution in [2.75, 3.05) is 5.75 Å². The van der Waals surface area contributed by atoms with Crippen molar-refractivity contribution in [3.8, 4) is 0 Å². The molecule has 0 aliphatic rings. The molecule has 0 saturated carbocycles. The zero-order valence-electron chi connectivity index (χ0n) is 11.1. The van der Waals surface area contributed by atoms with Crippen molar-refractivity contribution in [2.24, 2.45) is 5.73 Å². The van der Waals surface area contributed by atoms with E-state index in [9.17, 15) is 4.79 Å². The van der Waals surface area contributed by atoms with Gasteiger partial charge >= 0.3 is 5.97 Å². The number of carboxylic acids is 1. The first-order chi connectivity index (χ1) is 8.31. The fraction of sp³-hybridized carbons (Fsp3) is 0.538. The molecule has 4 nitrogen and oxygen atoms in total. The van der Waals surface area contributed by atoms with Gasteiger partial charge in [-0.25, -0.2) is 4.98 Å². The third-order valence-corrected chi connectivity index (χ3v) is 3.65. The summed E-state index contributed by atoms with van der Waals surface area (Å²) in [5.74, 6) is -0.118. The number of hydrogen-bond donors (Lipinski definition) is 2. The van der Waals surface area contributed by atoms with E-state index >= 15 is 0 Å². The Hall–Kier alpha value is -1.07. The topological polar surface area (TPSA) is 76.2 Å². The van der Waals surface area contributed by atoms with Gasteiger partial charge in [0.25, 0.3) is 0 Å². The maximum absolute atomic E-state index is 10.8. The smallest absolute Gasteiger partial charge is 0.323 e. The van der Waals surface area contributed by atoms with Gasteiger partial charge in [-0.05, 0) is 57.1 Å². The van der Waals surface area contributed by atoms with Crippen LogP contribution in [0.2, 0.25) is 0 Å². The molecule has 0 aliphatic heterocycles. The maximum atomic E-state index is 10.8. The van der Waals surface area contributed by atoms with Crippen LogP contribution >= 0.6 is 11.8 Å². The summed E-state index contributed by atoms with van der Waals surface area (Å²) in [6.07, 6.45) is 1.23. The number of pyridine rings is 1. The Morgan fingerprint density at radius 1 is 1.50 bits per heavy atom. The number of aliphatic carboxylic acids is 1. The second-order valence-electron chi connectivity index (χ2n) is 4.80. The van der Waals surface area contributed by atoms with Gasteiger partial charge in [0.2, 0.25) is 0 Å². The number of carbonyl (C=O) groups is 1. The van der Waals surface area contributed by atoms with Gasteiger partial charge in [0.05, 0.1) is 5.03 Å². The summed E-state index contributed by atoms with van der Waals surface area (Å²) in [7, 11) is 0. The number of nitrogens with zero attached hydrogens (tertiary/aromatic N) is 1. The second-order valence-corrected chi connectivity index (χ2v) is 5.91. The first kappa shape index (κ1) is 15.0. The van der Waals surface area contributed by atoms with Crippen LogP contribution in [-0.2, 0) is 4.79 Å². The average molecular weight is 268 g/mol. The van der Waals surface area contributed by atoms with E-state index in [1.54, 1.807) is 18.7 Å². The third kappa shape index (κ3) is 4.66. The van der Waals surface area contributed by atoms with Crippen LogP contribution < -0.4 is 5.73 Å². The van der Waals surface area contributed by atoms with E-state index < -0.39 is 11.5 Å². The molecular formula is C13H20N2O2S. The van der Waals surface area contributed by atoms with E-state index in [1.165, 1.54) is 5.56 Å². The second kappa shape index (κ2) is 6.20. The molecule has 0 amide bonds. The standard InChI is InChI=1S/C13H20N2O2S/c1-9-7-10(2)15-11(8-9)18-6-4-5-13(3,14)12(16)17/h7-8H,4-6,14H2,1-3H3,(H,16,17). The van der Waals surface area contributed by atoms with E-state index in [2.05, 4.69) is 4.98 Å². The molecule has 3 N–H and O–H groups in total. The normalized spacial score (nSPS) is 14.2. The number of rotatable bonds is 6. The van der Waals surface area contributed by atoms with Crippen LogP contribution in [0.5, 0.6) is 0 Å². The average Bonchev–Trinajstić information content (AvgIpc) is 2.23. The van der Waals surface area contributed by atoms with Gasteiger partial charge in [-0.15, -0.1) is 11.8 Å². The molecule has 1 unspecified atom stereocenters. The van der Waals surface area contributed by atoms with E-state index in [0.29, 0.717) is 6.42 Å².